The lowest BCUT2D eigenvalue weighted by Crippen LogP contribution is -2.11. The molecule has 0 heterocycles. The van der Waals surface area contributed by atoms with Gasteiger partial charge in [-0.05, 0) is 43.5 Å². The van der Waals surface area contributed by atoms with Gasteiger partial charge in [0.15, 0.2) is 5.78 Å². The molecule has 1 aromatic rings. The first kappa shape index (κ1) is 11.2. The number of ketones is 1. The number of Topliss-reactive ketones (excluding diaryl/α,β-unsaturated/α-hetero) is 1. The summed E-state index contributed by atoms with van der Waals surface area (Å²) in [6.07, 6.45) is 3.05. The molecule has 0 unspecified atom stereocenters. The fourth-order valence-electron chi connectivity index (χ4n) is 1.69. The van der Waals surface area contributed by atoms with Gasteiger partial charge in [0.1, 0.15) is 5.75 Å². The van der Waals surface area contributed by atoms with Crippen LogP contribution in [0.3, 0.4) is 0 Å². The minimum atomic E-state index is -0.0776. The highest BCUT2D eigenvalue weighted by Crippen LogP contribution is 2.47. The Kier molecular flexibility index (Phi) is 2.99. The molecule has 0 spiro atoms. The van der Waals surface area contributed by atoms with Crippen molar-refractivity contribution in [2.45, 2.75) is 33.1 Å². The molecule has 2 rings (SSSR count). The van der Waals surface area contributed by atoms with Crippen molar-refractivity contribution in [3.8, 4) is 5.75 Å². The molecule has 0 N–H and O–H groups in total. The standard InChI is InChI=1S/C14H18O2/c1-3-10-16-12-6-4-11(5-7-12)13(15)14(2)8-9-14/h4-7H,3,8-10H2,1-2H3. The van der Waals surface area contributed by atoms with Crippen LogP contribution >= 0.6 is 0 Å². The summed E-state index contributed by atoms with van der Waals surface area (Å²) in [7, 11) is 0. The number of hydrogen-bond donors (Lipinski definition) is 0. The van der Waals surface area contributed by atoms with E-state index in [1.54, 1.807) is 0 Å². The highest BCUT2D eigenvalue weighted by molar-refractivity contribution is 6.02. The predicted molar refractivity (Wildman–Crippen MR) is 63.9 cm³/mol. The van der Waals surface area contributed by atoms with E-state index in [4.69, 9.17) is 4.74 Å². The maximum Gasteiger partial charge on any atom is 0.168 e. The van der Waals surface area contributed by atoms with Gasteiger partial charge in [0.2, 0.25) is 0 Å². The van der Waals surface area contributed by atoms with Crippen molar-refractivity contribution in [2.75, 3.05) is 6.61 Å². The van der Waals surface area contributed by atoms with Crippen molar-refractivity contribution in [1.29, 1.82) is 0 Å². The number of hydrogen-bond acceptors (Lipinski definition) is 2. The first-order valence-electron chi connectivity index (χ1n) is 5.93. The molecule has 0 amide bonds. The van der Waals surface area contributed by atoms with Crippen molar-refractivity contribution in [3.63, 3.8) is 0 Å². The van der Waals surface area contributed by atoms with E-state index < -0.39 is 0 Å². The Balaban J connectivity index is 2.04. The molecular weight excluding hydrogens is 200 g/mol. The summed E-state index contributed by atoms with van der Waals surface area (Å²) >= 11 is 0. The van der Waals surface area contributed by atoms with Crippen LogP contribution in [0.4, 0.5) is 0 Å². The molecule has 0 bridgehead atoms. The van der Waals surface area contributed by atoms with E-state index in [9.17, 15) is 4.79 Å². The van der Waals surface area contributed by atoms with Crippen molar-refractivity contribution in [3.05, 3.63) is 29.8 Å². The largest absolute Gasteiger partial charge is 0.494 e. The molecule has 0 atom stereocenters. The van der Waals surface area contributed by atoms with Gasteiger partial charge in [-0.25, -0.2) is 0 Å². The Labute approximate surface area is 96.6 Å². The summed E-state index contributed by atoms with van der Waals surface area (Å²) in [6.45, 7) is 4.84. The van der Waals surface area contributed by atoms with E-state index in [1.807, 2.05) is 31.2 Å². The average Bonchev–Trinajstić information content (AvgIpc) is 3.06. The highest BCUT2D eigenvalue weighted by atomic mass is 16.5. The van der Waals surface area contributed by atoms with E-state index in [0.29, 0.717) is 0 Å². The molecular formula is C14H18O2. The van der Waals surface area contributed by atoms with Crippen LogP contribution in [0.5, 0.6) is 5.75 Å². The summed E-state index contributed by atoms with van der Waals surface area (Å²) in [5, 5.41) is 0. The van der Waals surface area contributed by atoms with Gasteiger partial charge in [-0.1, -0.05) is 13.8 Å². The zero-order valence-corrected chi connectivity index (χ0v) is 9.95. The Morgan fingerprint density at radius 2 is 1.94 bits per heavy atom. The molecule has 0 aromatic heterocycles. The molecule has 0 radical (unpaired) electrons. The Morgan fingerprint density at radius 1 is 1.31 bits per heavy atom. The summed E-state index contributed by atoms with van der Waals surface area (Å²) in [5.74, 6) is 1.12. The van der Waals surface area contributed by atoms with Crippen molar-refractivity contribution < 1.29 is 9.53 Å². The lowest BCUT2D eigenvalue weighted by molar-refractivity contribution is 0.0912. The molecule has 16 heavy (non-hydrogen) atoms. The lowest BCUT2D eigenvalue weighted by atomic mass is 9.97. The lowest BCUT2D eigenvalue weighted by Gasteiger charge is -2.08. The Bertz CT molecular complexity index is 374. The monoisotopic (exact) mass is 218 g/mol. The molecule has 1 fully saturated rings. The quantitative estimate of drug-likeness (QED) is 0.707. The van der Waals surface area contributed by atoms with Gasteiger partial charge < -0.3 is 4.74 Å². The molecule has 2 heteroatoms. The second kappa shape index (κ2) is 4.28. The minimum absolute atomic E-state index is 0.0776. The molecule has 2 nitrogen and oxygen atoms in total. The summed E-state index contributed by atoms with van der Waals surface area (Å²) in [6, 6.07) is 7.51. The van der Waals surface area contributed by atoms with E-state index in [0.717, 1.165) is 37.2 Å². The van der Waals surface area contributed by atoms with Crippen LogP contribution in [0.1, 0.15) is 43.5 Å². The fourth-order valence-corrected chi connectivity index (χ4v) is 1.69. The maximum absolute atomic E-state index is 12.0. The van der Waals surface area contributed by atoms with Crippen LogP contribution in [0.25, 0.3) is 0 Å². The first-order chi connectivity index (χ1) is 7.65. The molecule has 1 aliphatic carbocycles. The van der Waals surface area contributed by atoms with Gasteiger partial charge in [-0.2, -0.15) is 0 Å². The maximum atomic E-state index is 12.0. The zero-order chi connectivity index (χ0) is 11.6. The SMILES string of the molecule is CCCOc1ccc(C(=O)C2(C)CC2)cc1. The van der Waals surface area contributed by atoms with Crippen LogP contribution in [-0.4, -0.2) is 12.4 Å². The van der Waals surface area contributed by atoms with E-state index in [1.165, 1.54) is 0 Å². The molecule has 0 aliphatic heterocycles. The van der Waals surface area contributed by atoms with Crippen LogP contribution in [0.2, 0.25) is 0 Å². The Morgan fingerprint density at radius 3 is 2.44 bits per heavy atom. The normalized spacial score (nSPS) is 16.9. The van der Waals surface area contributed by atoms with E-state index in [2.05, 4.69) is 6.92 Å². The number of carbonyl (C=O) groups excluding carboxylic acids is 1. The smallest absolute Gasteiger partial charge is 0.168 e. The van der Waals surface area contributed by atoms with E-state index in [-0.39, 0.29) is 11.2 Å². The molecule has 1 aromatic carbocycles. The fraction of sp³-hybridized carbons (Fsp3) is 0.500. The molecule has 1 saturated carbocycles. The second-order valence-corrected chi connectivity index (χ2v) is 4.76. The van der Waals surface area contributed by atoms with E-state index >= 15 is 0 Å². The molecule has 86 valence electrons. The Hall–Kier alpha value is -1.31. The van der Waals surface area contributed by atoms with Gasteiger partial charge >= 0.3 is 0 Å². The molecule has 1 aliphatic rings. The third-order valence-electron chi connectivity index (χ3n) is 3.14. The topological polar surface area (TPSA) is 26.3 Å². The third kappa shape index (κ3) is 2.26. The average molecular weight is 218 g/mol. The van der Waals surface area contributed by atoms with Crippen LogP contribution in [-0.2, 0) is 0 Å². The van der Waals surface area contributed by atoms with Gasteiger partial charge in [0.05, 0.1) is 6.61 Å². The summed E-state index contributed by atoms with van der Waals surface area (Å²) < 4.78 is 5.48. The minimum Gasteiger partial charge on any atom is -0.494 e. The van der Waals surface area contributed by atoms with Crippen molar-refractivity contribution in [1.82, 2.24) is 0 Å². The van der Waals surface area contributed by atoms with Gasteiger partial charge in [-0.15, -0.1) is 0 Å². The number of benzene rings is 1. The summed E-state index contributed by atoms with van der Waals surface area (Å²) in [4.78, 5) is 12.0. The van der Waals surface area contributed by atoms with Crippen LogP contribution in [0, 0.1) is 5.41 Å². The van der Waals surface area contributed by atoms with Crippen molar-refractivity contribution >= 4 is 5.78 Å². The third-order valence-corrected chi connectivity index (χ3v) is 3.14. The van der Waals surface area contributed by atoms with Gasteiger partial charge in [0.25, 0.3) is 0 Å². The van der Waals surface area contributed by atoms with Crippen LogP contribution < -0.4 is 4.74 Å². The second-order valence-electron chi connectivity index (χ2n) is 4.76. The highest BCUT2D eigenvalue weighted by Gasteiger charge is 2.44. The zero-order valence-electron chi connectivity index (χ0n) is 9.95. The number of rotatable bonds is 5. The number of carbonyl (C=O) groups is 1. The van der Waals surface area contributed by atoms with Gasteiger partial charge in [0, 0.05) is 11.0 Å². The van der Waals surface area contributed by atoms with Crippen LogP contribution in [0.15, 0.2) is 24.3 Å². The number of ether oxygens (including phenoxy) is 1. The predicted octanol–water partition coefficient (Wildman–Crippen LogP) is 3.46. The van der Waals surface area contributed by atoms with Gasteiger partial charge in [-0.3, -0.25) is 4.79 Å². The first-order valence-corrected chi connectivity index (χ1v) is 5.93. The van der Waals surface area contributed by atoms with Crippen molar-refractivity contribution in [2.24, 2.45) is 5.41 Å². The molecule has 0 saturated heterocycles. The summed E-state index contributed by atoms with van der Waals surface area (Å²) in [5.41, 5.74) is 0.732.